The molecule has 0 unspecified atom stereocenters. The van der Waals surface area contributed by atoms with Crippen LogP contribution in [-0.2, 0) is 10.1 Å². The van der Waals surface area contributed by atoms with Gasteiger partial charge in [-0.1, -0.05) is 0 Å². The van der Waals surface area contributed by atoms with Crippen LogP contribution in [0.1, 0.15) is 6.92 Å². The van der Waals surface area contributed by atoms with Crippen molar-refractivity contribution in [2.24, 2.45) is 0 Å². The van der Waals surface area contributed by atoms with Gasteiger partial charge in [0.05, 0.1) is 0 Å². The molecule has 0 saturated carbocycles. The second-order valence-corrected chi connectivity index (χ2v) is 3.70. The van der Waals surface area contributed by atoms with E-state index in [4.69, 9.17) is 0 Å². The van der Waals surface area contributed by atoms with Crippen LogP contribution in [0.3, 0.4) is 0 Å². The summed E-state index contributed by atoms with van der Waals surface area (Å²) in [4.78, 5) is 0. The minimum absolute atomic E-state index is 0. The fourth-order valence-corrected chi connectivity index (χ4v) is 1.05. The van der Waals surface area contributed by atoms with Crippen LogP contribution in [0.5, 0.6) is 0 Å². The molecule has 0 spiro atoms. The van der Waals surface area contributed by atoms with E-state index < -0.39 is 27.7 Å². The second kappa shape index (κ2) is 3.76. The Morgan fingerprint density at radius 1 is 1.23 bits per heavy atom. The molecule has 9 heteroatoms. The highest BCUT2D eigenvalue weighted by molar-refractivity contribution is 7.85. The Kier molecular flexibility index (Phi) is 4.36. The van der Waals surface area contributed by atoms with Gasteiger partial charge in [0.1, 0.15) is 15.9 Å². The van der Waals surface area contributed by atoms with E-state index in [1.165, 1.54) is 0 Å². The number of rotatable bonds is 3. The van der Waals surface area contributed by atoms with Gasteiger partial charge in [-0.2, -0.15) is 8.78 Å². The summed E-state index contributed by atoms with van der Waals surface area (Å²) >= 11 is 0. The molecule has 0 radical (unpaired) electrons. The zero-order chi connectivity index (χ0) is 10.2. The molecule has 0 bridgehead atoms. The lowest BCUT2D eigenvalue weighted by Crippen LogP contribution is -2.43. The van der Waals surface area contributed by atoms with E-state index in [9.17, 15) is 30.5 Å². The third-order valence-corrected chi connectivity index (χ3v) is 1.72. The maximum atomic E-state index is 12.1. The summed E-state index contributed by atoms with van der Waals surface area (Å²) in [5.41, 5.74) is 0. The molecule has 0 saturated heterocycles. The Morgan fingerprint density at radius 3 is 1.62 bits per heavy atom. The van der Waals surface area contributed by atoms with Crippen LogP contribution in [-0.4, -0.2) is 30.6 Å². The lowest BCUT2D eigenvalue weighted by molar-refractivity contribution is -0.183. The predicted octanol–water partition coefficient (Wildman–Crippen LogP) is 1.20. The van der Waals surface area contributed by atoms with Crippen LogP contribution in [0.15, 0.2) is 0 Å². The molecule has 0 aromatic rings. The number of alkyl halides is 4. The van der Waals surface area contributed by atoms with Gasteiger partial charge in [-0.25, -0.2) is 17.2 Å². The van der Waals surface area contributed by atoms with Crippen LogP contribution in [0.2, 0.25) is 0 Å². The molecule has 0 aliphatic carbocycles. The molecule has 0 aromatic heterocycles. The number of hydrogen-bond donors (Lipinski definition) is 1. The number of halogens is 4. The Bertz CT molecular complexity index is 257. The SMILES string of the molecule is CC(F)(F)C(F)(F)CS(=O)(=O)[O-].[NH4+]. The molecule has 82 valence electrons. The Hall–Kier alpha value is -0.410. The summed E-state index contributed by atoms with van der Waals surface area (Å²) in [5, 5.41) is 0. The van der Waals surface area contributed by atoms with Crippen LogP contribution < -0.4 is 6.15 Å². The van der Waals surface area contributed by atoms with E-state index >= 15 is 0 Å². The monoisotopic (exact) mass is 227 g/mol. The average molecular weight is 227 g/mol. The first kappa shape index (κ1) is 15.1. The minimum Gasteiger partial charge on any atom is -0.748 e. The maximum absolute atomic E-state index is 12.1. The fourth-order valence-electron chi connectivity index (χ4n) is 0.349. The molecule has 0 aliphatic rings. The van der Waals surface area contributed by atoms with Gasteiger partial charge in [0, 0.05) is 6.92 Å². The first-order valence-corrected chi connectivity index (χ1v) is 4.23. The van der Waals surface area contributed by atoms with E-state index in [0.717, 1.165) is 0 Å². The smallest absolute Gasteiger partial charge is 0.322 e. The Morgan fingerprint density at radius 2 is 1.54 bits per heavy atom. The van der Waals surface area contributed by atoms with Crippen molar-refractivity contribution in [3.8, 4) is 0 Å². The minimum atomic E-state index is -5.34. The van der Waals surface area contributed by atoms with Crippen molar-refractivity contribution < 1.29 is 30.5 Å². The van der Waals surface area contributed by atoms with Crippen molar-refractivity contribution in [3.63, 3.8) is 0 Å². The van der Waals surface area contributed by atoms with Crippen molar-refractivity contribution >= 4 is 10.1 Å². The fraction of sp³-hybridized carbons (Fsp3) is 1.00. The van der Waals surface area contributed by atoms with Crippen molar-refractivity contribution in [1.82, 2.24) is 6.15 Å². The Labute approximate surface area is 72.3 Å². The summed E-state index contributed by atoms with van der Waals surface area (Å²) in [6.07, 6.45) is 0. The lowest BCUT2D eigenvalue weighted by atomic mass is 10.2. The molecule has 0 heterocycles. The maximum Gasteiger partial charge on any atom is 0.322 e. The molecular formula is C4H9F4NO3S. The van der Waals surface area contributed by atoms with Gasteiger partial charge in [-0.15, -0.1) is 0 Å². The van der Waals surface area contributed by atoms with E-state index in [2.05, 4.69) is 0 Å². The predicted molar refractivity (Wildman–Crippen MR) is 36.1 cm³/mol. The van der Waals surface area contributed by atoms with E-state index in [-0.39, 0.29) is 13.1 Å². The first-order valence-electron chi connectivity index (χ1n) is 2.65. The molecule has 0 aliphatic heterocycles. The highest BCUT2D eigenvalue weighted by atomic mass is 32.2. The molecule has 0 aromatic carbocycles. The molecule has 0 amide bonds. The molecule has 0 rings (SSSR count). The topological polar surface area (TPSA) is 93.7 Å². The van der Waals surface area contributed by atoms with Gasteiger partial charge in [0.15, 0.2) is 0 Å². The van der Waals surface area contributed by atoms with Crippen LogP contribution in [0.4, 0.5) is 17.6 Å². The summed E-state index contributed by atoms with van der Waals surface area (Å²) in [6, 6.07) is 0. The van der Waals surface area contributed by atoms with Crippen LogP contribution in [0, 0.1) is 0 Å². The molecule has 0 fully saturated rings. The lowest BCUT2D eigenvalue weighted by Gasteiger charge is -2.23. The molecule has 0 atom stereocenters. The standard InChI is InChI=1S/C4H6F4O3S.H3N/c1-3(5,6)4(7,8)2-12(9,10)11;/h2H2,1H3,(H,9,10,11);1H3. The summed E-state index contributed by atoms with van der Waals surface area (Å²) in [7, 11) is -5.34. The highest BCUT2D eigenvalue weighted by Gasteiger charge is 2.53. The summed E-state index contributed by atoms with van der Waals surface area (Å²) < 4.78 is 77.1. The van der Waals surface area contributed by atoms with E-state index in [0.29, 0.717) is 0 Å². The van der Waals surface area contributed by atoms with Gasteiger partial charge in [0.25, 0.3) is 0 Å². The normalized spacial score (nSPS) is 13.7. The van der Waals surface area contributed by atoms with Gasteiger partial charge >= 0.3 is 11.8 Å². The zero-order valence-electron chi connectivity index (χ0n) is 6.85. The second-order valence-electron chi connectivity index (χ2n) is 2.29. The van der Waals surface area contributed by atoms with Crippen LogP contribution in [0.25, 0.3) is 0 Å². The molecule has 4 N–H and O–H groups in total. The first-order chi connectivity index (χ1) is 4.96. The van der Waals surface area contributed by atoms with Crippen molar-refractivity contribution in [2.45, 2.75) is 18.8 Å². The number of quaternary nitrogens is 1. The van der Waals surface area contributed by atoms with Gasteiger partial charge in [-0.3, -0.25) is 0 Å². The van der Waals surface area contributed by atoms with Gasteiger partial charge < -0.3 is 10.7 Å². The van der Waals surface area contributed by atoms with Gasteiger partial charge in [0.2, 0.25) is 0 Å². The van der Waals surface area contributed by atoms with Crippen molar-refractivity contribution in [3.05, 3.63) is 0 Å². The molecule has 4 nitrogen and oxygen atoms in total. The molecule has 13 heavy (non-hydrogen) atoms. The van der Waals surface area contributed by atoms with Gasteiger partial charge in [-0.05, 0) is 0 Å². The van der Waals surface area contributed by atoms with Crippen molar-refractivity contribution in [2.75, 3.05) is 5.75 Å². The largest absolute Gasteiger partial charge is 0.748 e. The quantitative estimate of drug-likeness (QED) is 0.579. The third kappa shape index (κ3) is 5.01. The Balaban J connectivity index is 0. The molecular weight excluding hydrogens is 218 g/mol. The van der Waals surface area contributed by atoms with Crippen molar-refractivity contribution in [1.29, 1.82) is 0 Å². The number of hydrogen-bond acceptors (Lipinski definition) is 3. The summed E-state index contributed by atoms with van der Waals surface area (Å²) in [6.45, 7) is -0.155. The summed E-state index contributed by atoms with van der Waals surface area (Å²) in [5.74, 6) is -11.7. The van der Waals surface area contributed by atoms with E-state index in [1.807, 2.05) is 0 Å². The highest BCUT2D eigenvalue weighted by Crippen LogP contribution is 2.34. The third-order valence-electron chi connectivity index (χ3n) is 1.00. The zero-order valence-corrected chi connectivity index (χ0v) is 7.67. The average Bonchev–Trinajstić information content (AvgIpc) is 1.52. The van der Waals surface area contributed by atoms with Crippen LogP contribution >= 0.6 is 0 Å². The van der Waals surface area contributed by atoms with E-state index in [1.54, 1.807) is 0 Å².